The highest BCUT2D eigenvalue weighted by molar-refractivity contribution is 5.87. The first-order valence-corrected chi connectivity index (χ1v) is 7.33. The highest BCUT2D eigenvalue weighted by atomic mass is 16.6. The van der Waals surface area contributed by atoms with Crippen LogP contribution >= 0.6 is 0 Å². The van der Waals surface area contributed by atoms with Gasteiger partial charge >= 0.3 is 11.9 Å². The van der Waals surface area contributed by atoms with Gasteiger partial charge in [-0.2, -0.15) is 0 Å². The van der Waals surface area contributed by atoms with Crippen molar-refractivity contribution in [2.75, 3.05) is 7.11 Å². The van der Waals surface area contributed by atoms with Gasteiger partial charge in [0.05, 0.1) is 7.11 Å². The van der Waals surface area contributed by atoms with Crippen molar-refractivity contribution in [1.29, 1.82) is 0 Å². The van der Waals surface area contributed by atoms with Gasteiger partial charge in [0.25, 0.3) is 0 Å². The minimum atomic E-state index is -0.443. The van der Waals surface area contributed by atoms with Crippen molar-refractivity contribution in [2.45, 2.75) is 13.5 Å². The largest absolute Gasteiger partial charge is 0.493 e. The Kier molecular flexibility index (Phi) is 6.14. The van der Waals surface area contributed by atoms with E-state index in [1.54, 1.807) is 24.3 Å². The van der Waals surface area contributed by atoms with Crippen LogP contribution in [0.15, 0.2) is 54.6 Å². The van der Waals surface area contributed by atoms with Gasteiger partial charge in [0.15, 0.2) is 11.5 Å². The zero-order valence-corrected chi connectivity index (χ0v) is 13.5. The molecule has 24 heavy (non-hydrogen) atoms. The van der Waals surface area contributed by atoms with Crippen LogP contribution in [0.1, 0.15) is 18.1 Å². The molecule has 0 bridgehead atoms. The molecule has 0 unspecified atom stereocenters. The Balaban J connectivity index is 1.97. The monoisotopic (exact) mass is 326 g/mol. The SMILES string of the molecule is COc1cc(/C=C/C(=O)OCc2ccccc2)ccc1OC(C)=O. The number of benzene rings is 2. The average molecular weight is 326 g/mol. The minimum absolute atomic E-state index is 0.221. The molecule has 0 aromatic heterocycles. The third kappa shape index (κ3) is 5.28. The Hall–Kier alpha value is -3.08. The predicted octanol–water partition coefficient (Wildman–Crippen LogP) is 3.38. The summed E-state index contributed by atoms with van der Waals surface area (Å²) in [5.41, 5.74) is 1.64. The maximum atomic E-state index is 11.7. The minimum Gasteiger partial charge on any atom is -0.493 e. The molecule has 0 radical (unpaired) electrons. The Morgan fingerprint density at radius 2 is 1.79 bits per heavy atom. The number of ether oxygens (including phenoxy) is 3. The van der Waals surface area contributed by atoms with E-state index in [1.165, 1.54) is 20.1 Å². The van der Waals surface area contributed by atoms with E-state index in [9.17, 15) is 9.59 Å². The van der Waals surface area contributed by atoms with Crippen molar-refractivity contribution >= 4 is 18.0 Å². The maximum Gasteiger partial charge on any atom is 0.331 e. The van der Waals surface area contributed by atoms with Crippen LogP contribution in [0.3, 0.4) is 0 Å². The second-order valence-corrected chi connectivity index (χ2v) is 4.93. The van der Waals surface area contributed by atoms with Crippen molar-refractivity contribution in [2.24, 2.45) is 0 Å². The Morgan fingerprint density at radius 1 is 1.04 bits per heavy atom. The number of methoxy groups -OCH3 is 1. The summed E-state index contributed by atoms with van der Waals surface area (Å²) < 4.78 is 15.4. The molecule has 0 atom stereocenters. The zero-order valence-electron chi connectivity index (χ0n) is 13.5. The third-order valence-corrected chi connectivity index (χ3v) is 3.08. The third-order valence-electron chi connectivity index (χ3n) is 3.08. The molecule has 0 spiro atoms. The van der Waals surface area contributed by atoms with Crippen molar-refractivity contribution in [3.05, 3.63) is 65.7 Å². The van der Waals surface area contributed by atoms with Crippen molar-refractivity contribution in [3.63, 3.8) is 0 Å². The number of esters is 2. The lowest BCUT2D eigenvalue weighted by atomic mass is 10.2. The van der Waals surface area contributed by atoms with E-state index in [-0.39, 0.29) is 6.61 Å². The Labute approximate surface area is 140 Å². The van der Waals surface area contributed by atoms with E-state index in [2.05, 4.69) is 0 Å². The maximum absolute atomic E-state index is 11.7. The number of rotatable bonds is 6. The van der Waals surface area contributed by atoms with Crippen LogP contribution in [0.4, 0.5) is 0 Å². The summed E-state index contributed by atoms with van der Waals surface area (Å²) in [7, 11) is 1.48. The van der Waals surface area contributed by atoms with Crippen molar-refractivity contribution in [3.8, 4) is 11.5 Å². The van der Waals surface area contributed by atoms with Crippen LogP contribution in [0, 0.1) is 0 Å². The molecule has 0 fully saturated rings. The predicted molar refractivity (Wildman–Crippen MR) is 89.6 cm³/mol. The van der Waals surface area contributed by atoms with E-state index in [4.69, 9.17) is 14.2 Å². The lowest BCUT2D eigenvalue weighted by Gasteiger charge is -2.08. The Bertz CT molecular complexity index is 735. The van der Waals surface area contributed by atoms with Crippen LogP contribution in [-0.4, -0.2) is 19.0 Å². The highest BCUT2D eigenvalue weighted by Gasteiger charge is 2.07. The number of hydrogen-bond donors (Lipinski definition) is 0. The summed E-state index contributed by atoms with van der Waals surface area (Å²) in [5.74, 6) is -0.137. The van der Waals surface area contributed by atoms with Gasteiger partial charge in [0.1, 0.15) is 6.61 Å². The first kappa shape index (κ1) is 17.3. The normalized spacial score (nSPS) is 10.4. The molecule has 0 saturated carbocycles. The molecule has 5 heteroatoms. The quantitative estimate of drug-likeness (QED) is 0.463. The molecular weight excluding hydrogens is 308 g/mol. The number of hydrogen-bond acceptors (Lipinski definition) is 5. The van der Waals surface area contributed by atoms with E-state index in [1.807, 2.05) is 30.3 Å². The van der Waals surface area contributed by atoms with Gasteiger partial charge < -0.3 is 14.2 Å². The summed E-state index contributed by atoms with van der Waals surface area (Å²) >= 11 is 0. The molecule has 0 aliphatic rings. The van der Waals surface area contributed by atoms with E-state index >= 15 is 0 Å². The first-order valence-electron chi connectivity index (χ1n) is 7.33. The fourth-order valence-corrected chi connectivity index (χ4v) is 1.97. The molecule has 2 aromatic carbocycles. The van der Waals surface area contributed by atoms with Crippen LogP contribution in [0.2, 0.25) is 0 Å². The molecular formula is C19H18O5. The number of carbonyl (C=O) groups is 2. The van der Waals surface area contributed by atoms with Crippen LogP contribution in [-0.2, 0) is 20.9 Å². The van der Waals surface area contributed by atoms with Gasteiger partial charge in [-0.3, -0.25) is 4.79 Å². The summed E-state index contributed by atoms with van der Waals surface area (Å²) in [5, 5.41) is 0. The van der Waals surface area contributed by atoms with Gasteiger partial charge in [0.2, 0.25) is 0 Å². The molecule has 0 heterocycles. The molecule has 0 saturated heterocycles. The summed E-state index contributed by atoms with van der Waals surface area (Å²) in [6.07, 6.45) is 2.94. The molecule has 2 rings (SSSR count). The van der Waals surface area contributed by atoms with E-state index < -0.39 is 11.9 Å². The molecule has 0 N–H and O–H groups in total. The fourth-order valence-electron chi connectivity index (χ4n) is 1.97. The van der Waals surface area contributed by atoms with Crippen LogP contribution < -0.4 is 9.47 Å². The van der Waals surface area contributed by atoms with Crippen LogP contribution in [0.25, 0.3) is 6.08 Å². The van der Waals surface area contributed by atoms with Gasteiger partial charge in [-0.25, -0.2) is 4.79 Å². The average Bonchev–Trinajstić information content (AvgIpc) is 2.59. The van der Waals surface area contributed by atoms with E-state index in [0.29, 0.717) is 11.5 Å². The smallest absolute Gasteiger partial charge is 0.331 e. The first-order chi connectivity index (χ1) is 11.6. The molecule has 2 aromatic rings. The van der Waals surface area contributed by atoms with Gasteiger partial charge in [0, 0.05) is 13.0 Å². The van der Waals surface area contributed by atoms with E-state index in [0.717, 1.165) is 11.1 Å². The second kappa shape index (κ2) is 8.53. The standard InChI is InChI=1S/C19H18O5/c1-14(20)24-17-10-8-15(12-18(17)22-2)9-11-19(21)23-13-16-6-4-3-5-7-16/h3-12H,13H2,1-2H3/b11-9+. The fraction of sp³-hybridized carbons (Fsp3) is 0.158. The van der Waals surface area contributed by atoms with Gasteiger partial charge in [-0.15, -0.1) is 0 Å². The molecule has 0 aliphatic carbocycles. The lowest BCUT2D eigenvalue weighted by Crippen LogP contribution is -2.03. The lowest BCUT2D eigenvalue weighted by molar-refractivity contribution is -0.139. The van der Waals surface area contributed by atoms with Crippen molar-refractivity contribution < 1.29 is 23.8 Å². The zero-order chi connectivity index (χ0) is 17.4. The molecule has 5 nitrogen and oxygen atoms in total. The Morgan fingerprint density at radius 3 is 2.46 bits per heavy atom. The second-order valence-electron chi connectivity index (χ2n) is 4.93. The highest BCUT2D eigenvalue weighted by Crippen LogP contribution is 2.28. The molecule has 124 valence electrons. The van der Waals surface area contributed by atoms with Gasteiger partial charge in [-0.05, 0) is 29.3 Å². The summed E-state index contributed by atoms with van der Waals surface area (Å²) in [4.78, 5) is 22.8. The van der Waals surface area contributed by atoms with Crippen LogP contribution in [0.5, 0.6) is 11.5 Å². The summed E-state index contributed by atoms with van der Waals surface area (Å²) in [6.45, 7) is 1.54. The number of carbonyl (C=O) groups excluding carboxylic acids is 2. The molecule has 0 amide bonds. The summed E-state index contributed by atoms with van der Waals surface area (Å²) in [6, 6.07) is 14.4. The molecule has 0 aliphatic heterocycles. The van der Waals surface area contributed by atoms with Gasteiger partial charge in [-0.1, -0.05) is 36.4 Å². The topological polar surface area (TPSA) is 61.8 Å². The van der Waals surface area contributed by atoms with Crippen molar-refractivity contribution in [1.82, 2.24) is 0 Å².